The van der Waals surface area contributed by atoms with Crippen LogP contribution in [-0.2, 0) is 6.42 Å². The van der Waals surface area contributed by atoms with E-state index in [-0.39, 0.29) is 23.0 Å². The molecule has 7 N–H and O–H groups in total. The third-order valence-corrected chi connectivity index (χ3v) is 5.54. The number of aromatic nitrogens is 3. The molecule has 2 aromatic heterocycles. The predicted molar refractivity (Wildman–Crippen MR) is 123 cm³/mol. The van der Waals surface area contributed by atoms with Gasteiger partial charge in [0, 0.05) is 12.2 Å². The highest BCUT2D eigenvalue weighted by molar-refractivity contribution is 7.13. The molecule has 0 aliphatic heterocycles. The molecule has 0 saturated heterocycles. The van der Waals surface area contributed by atoms with E-state index in [1.165, 1.54) is 0 Å². The summed E-state index contributed by atoms with van der Waals surface area (Å²) in [7, 11) is 0. The fourth-order valence-electron chi connectivity index (χ4n) is 3.19. The summed E-state index contributed by atoms with van der Waals surface area (Å²) in [5, 5.41) is 26.4. The summed E-state index contributed by atoms with van der Waals surface area (Å²) in [5.74, 6) is 0.336. The first-order chi connectivity index (χ1) is 15.5. The van der Waals surface area contributed by atoms with Crippen LogP contribution in [0.2, 0.25) is 0 Å². The van der Waals surface area contributed by atoms with Gasteiger partial charge in [0.25, 0.3) is 0 Å². The van der Waals surface area contributed by atoms with Gasteiger partial charge in [-0.25, -0.2) is 4.79 Å². The van der Waals surface area contributed by atoms with Gasteiger partial charge in [0.15, 0.2) is 5.00 Å². The maximum atomic E-state index is 11.4. The molecule has 11 heteroatoms. The van der Waals surface area contributed by atoms with Gasteiger partial charge >= 0.3 is 10.6 Å². The standard InChI is InChI=1S/C21H23N5O5S/c27-14(11-31-16-3-1-2-15-17(16)25-20(29)24-15)10-22-9-8-12-4-6-13(7-5-12)23-19-18(28)26-21(30)32-19/h1-7,14,22-23,27-28H,8-11H2,(H,26,30)(H2,24,25,29)/t14-/m1/s1. The van der Waals surface area contributed by atoms with Crippen LogP contribution in [0.5, 0.6) is 11.6 Å². The van der Waals surface area contributed by atoms with Gasteiger partial charge < -0.3 is 35.6 Å². The molecule has 0 bridgehead atoms. The van der Waals surface area contributed by atoms with Crippen molar-refractivity contribution in [2.75, 3.05) is 25.0 Å². The number of thiazole rings is 1. The summed E-state index contributed by atoms with van der Waals surface area (Å²) in [6.45, 7) is 1.13. The van der Waals surface area contributed by atoms with Crippen molar-refractivity contribution in [3.8, 4) is 11.6 Å². The number of aromatic amines is 3. The largest absolute Gasteiger partial charge is 0.492 e. The van der Waals surface area contributed by atoms with Crippen LogP contribution in [0.15, 0.2) is 52.1 Å². The molecule has 168 valence electrons. The summed E-state index contributed by atoms with van der Waals surface area (Å²) in [6.07, 6.45) is 0.0594. The van der Waals surface area contributed by atoms with Gasteiger partial charge in [-0.05, 0) is 42.8 Å². The maximum Gasteiger partial charge on any atom is 0.323 e. The number of aliphatic hydroxyl groups excluding tert-OH is 1. The van der Waals surface area contributed by atoms with Crippen LogP contribution in [0.4, 0.5) is 10.7 Å². The zero-order chi connectivity index (χ0) is 22.5. The third kappa shape index (κ3) is 5.38. The maximum absolute atomic E-state index is 11.4. The molecule has 32 heavy (non-hydrogen) atoms. The van der Waals surface area contributed by atoms with E-state index in [1.807, 2.05) is 24.3 Å². The Labute approximate surface area is 185 Å². The third-order valence-electron chi connectivity index (χ3n) is 4.76. The molecule has 2 aromatic carbocycles. The fourth-order valence-corrected chi connectivity index (χ4v) is 3.84. The van der Waals surface area contributed by atoms with E-state index in [0.717, 1.165) is 29.0 Å². The van der Waals surface area contributed by atoms with Crippen molar-refractivity contribution >= 4 is 33.1 Å². The highest BCUT2D eigenvalue weighted by Crippen LogP contribution is 2.27. The molecule has 0 saturated carbocycles. The molecule has 10 nitrogen and oxygen atoms in total. The SMILES string of the molecule is O=c1[nH]c2cccc(OC[C@H](O)CNCCc3ccc(Nc4sc(=O)[nH]c4O)cc3)c2[nH]1. The van der Waals surface area contributed by atoms with E-state index in [4.69, 9.17) is 4.74 Å². The summed E-state index contributed by atoms with van der Waals surface area (Å²) in [4.78, 5) is 30.0. The van der Waals surface area contributed by atoms with Crippen molar-refractivity contribution in [2.24, 2.45) is 0 Å². The van der Waals surface area contributed by atoms with Crippen LogP contribution in [0.25, 0.3) is 11.0 Å². The Morgan fingerprint density at radius 2 is 1.88 bits per heavy atom. The van der Waals surface area contributed by atoms with E-state index in [9.17, 15) is 19.8 Å². The summed E-state index contributed by atoms with van der Waals surface area (Å²) >= 11 is 0.904. The van der Waals surface area contributed by atoms with Crippen LogP contribution in [0.1, 0.15) is 5.56 Å². The Hall–Kier alpha value is -3.54. The molecule has 0 fully saturated rings. The Morgan fingerprint density at radius 3 is 2.62 bits per heavy atom. The predicted octanol–water partition coefficient (Wildman–Crippen LogP) is 1.63. The van der Waals surface area contributed by atoms with Gasteiger partial charge in [-0.2, -0.15) is 0 Å². The number of hydrogen-bond donors (Lipinski definition) is 7. The van der Waals surface area contributed by atoms with Crippen LogP contribution in [0.3, 0.4) is 0 Å². The molecular weight excluding hydrogens is 434 g/mol. The Morgan fingerprint density at radius 1 is 1.06 bits per heavy atom. The second kappa shape index (κ2) is 9.73. The molecule has 0 unspecified atom stereocenters. The molecule has 1 atom stereocenters. The lowest BCUT2D eigenvalue weighted by atomic mass is 10.1. The lowest BCUT2D eigenvalue weighted by molar-refractivity contribution is 0.107. The number of imidazole rings is 1. The smallest absolute Gasteiger partial charge is 0.323 e. The minimum absolute atomic E-state index is 0.0950. The van der Waals surface area contributed by atoms with E-state index in [2.05, 4.69) is 25.6 Å². The van der Waals surface area contributed by atoms with Crippen LogP contribution in [0, 0.1) is 0 Å². The normalized spacial score (nSPS) is 12.2. The lowest BCUT2D eigenvalue weighted by Crippen LogP contribution is -2.32. The van der Waals surface area contributed by atoms with E-state index < -0.39 is 6.10 Å². The minimum atomic E-state index is -0.705. The number of aliphatic hydroxyl groups is 1. The number of H-pyrrole nitrogens is 3. The van der Waals surface area contributed by atoms with E-state index >= 15 is 0 Å². The first kappa shape index (κ1) is 21.7. The zero-order valence-electron chi connectivity index (χ0n) is 17.0. The van der Waals surface area contributed by atoms with Crippen molar-refractivity contribution < 1.29 is 14.9 Å². The number of anilines is 2. The van der Waals surface area contributed by atoms with Gasteiger partial charge in [0.1, 0.15) is 24.0 Å². The van der Waals surface area contributed by atoms with Crippen LogP contribution in [-0.4, -0.2) is 51.0 Å². The molecule has 0 amide bonds. The van der Waals surface area contributed by atoms with Crippen molar-refractivity contribution in [1.29, 1.82) is 0 Å². The lowest BCUT2D eigenvalue weighted by Gasteiger charge is -2.14. The van der Waals surface area contributed by atoms with Crippen molar-refractivity contribution in [2.45, 2.75) is 12.5 Å². The molecule has 0 radical (unpaired) electrons. The van der Waals surface area contributed by atoms with Crippen molar-refractivity contribution in [3.05, 3.63) is 68.2 Å². The number of benzene rings is 2. The average Bonchev–Trinajstić information content (AvgIpc) is 3.31. The molecule has 0 aliphatic carbocycles. The number of ether oxygens (including phenoxy) is 1. The fraction of sp³-hybridized carbons (Fsp3) is 0.238. The second-order valence-corrected chi connectivity index (χ2v) is 8.17. The Kier molecular flexibility index (Phi) is 6.59. The zero-order valence-corrected chi connectivity index (χ0v) is 17.8. The number of fused-ring (bicyclic) bond motifs is 1. The van der Waals surface area contributed by atoms with Gasteiger partial charge in [0.2, 0.25) is 5.88 Å². The summed E-state index contributed by atoms with van der Waals surface area (Å²) < 4.78 is 5.66. The second-order valence-electron chi connectivity index (χ2n) is 7.19. The molecule has 2 heterocycles. The number of para-hydroxylation sites is 1. The van der Waals surface area contributed by atoms with Gasteiger partial charge in [-0.3, -0.25) is 9.78 Å². The molecule has 0 spiro atoms. The first-order valence-corrected chi connectivity index (χ1v) is 10.8. The highest BCUT2D eigenvalue weighted by Gasteiger charge is 2.09. The number of hydrogen-bond acceptors (Lipinski definition) is 8. The molecular formula is C21H23N5O5S. The molecule has 4 aromatic rings. The molecule has 4 rings (SSSR count). The Bertz CT molecular complexity index is 1290. The monoisotopic (exact) mass is 457 g/mol. The first-order valence-electron chi connectivity index (χ1n) is 9.98. The van der Waals surface area contributed by atoms with Crippen molar-refractivity contribution in [1.82, 2.24) is 20.3 Å². The van der Waals surface area contributed by atoms with Gasteiger partial charge in [-0.15, -0.1) is 0 Å². The minimum Gasteiger partial charge on any atom is -0.492 e. The quantitative estimate of drug-likeness (QED) is 0.179. The number of rotatable bonds is 10. The molecule has 0 aliphatic rings. The number of aromatic hydroxyl groups is 1. The average molecular weight is 458 g/mol. The van der Waals surface area contributed by atoms with Crippen LogP contribution >= 0.6 is 11.3 Å². The van der Waals surface area contributed by atoms with E-state index in [0.29, 0.717) is 34.9 Å². The topological polar surface area (TPSA) is 155 Å². The van der Waals surface area contributed by atoms with Gasteiger partial charge in [-0.1, -0.05) is 29.5 Å². The number of nitrogens with one attached hydrogen (secondary N) is 5. The van der Waals surface area contributed by atoms with Crippen molar-refractivity contribution in [3.63, 3.8) is 0 Å². The van der Waals surface area contributed by atoms with E-state index in [1.54, 1.807) is 18.2 Å². The van der Waals surface area contributed by atoms with Crippen LogP contribution < -0.4 is 25.9 Å². The summed E-state index contributed by atoms with van der Waals surface area (Å²) in [5.41, 5.74) is 2.79. The van der Waals surface area contributed by atoms with Gasteiger partial charge in [0.05, 0.1) is 5.52 Å². The summed E-state index contributed by atoms with van der Waals surface area (Å²) in [6, 6.07) is 12.9. The Balaban J connectivity index is 1.19. The highest BCUT2D eigenvalue weighted by atomic mass is 32.1.